The van der Waals surface area contributed by atoms with Crippen molar-refractivity contribution in [2.45, 2.75) is 32.1 Å². The van der Waals surface area contributed by atoms with Crippen molar-refractivity contribution in [2.75, 3.05) is 12.4 Å². The first-order chi connectivity index (χ1) is 12.2. The molecule has 1 unspecified atom stereocenters. The molecule has 0 aliphatic rings. The molecule has 0 saturated carbocycles. The molecule has 0 fully saturated rings. The summed E-state index contributed by atoms with van der Waals surface area (Å²) in [5.41, 5.74) is 4.04. The van der Waals surface area contributed by atoms with E-state index in [0.29, 0.717) is 0 Å². The van der Waals surface area contributed by atoms with Crippen LogP contribution in [0.15, 0.2) is 78.9 Å². The summed E-state index contributed by atoms with van der Waals surface area (Å²) in [5, 5.41) is 6.08. The van der Waals surface area contributed by atoms with Crippen LogP contribution in [0.4, 0.5) is 5.69 Å². The lowest BCUT2D eigenvalue weighted by molar-refractivity contribution is 0.480. The average Bonchev–Trinajstić information content (AvgIpc) is 2.66. The molecule has 0 radical (unpaired) electrons. The molecule has 1 N–H and O–H groups in total. The molecule has 3 rings (SSSR count). The molecule has 0 amide bonds. The first kappa shape index (κ1) is 17.3. The molecule has 0 heterocycles. The average molecular weight is 329 g/mol. The number of anilines is 1. The van der Waals surface area contributed by atoms with Crippen molar-refractivity contribution < 1.29 is 0 Å². The maximum Gasteiger partial charge on any atom is 0.0382 e. The van der Waals surface area contributed by atoms with Crippen molar-refractivity contribution in [2.24, 2.45) is 0 Å². The Bertz CT molecular complexity index is 864. The fraction of sp³-hybridized carbons (Fsp3) is 0.250. The van der Waals surface area contributed by atoms with Gasteiger partial charge in [0.25, 0.3) is 0 Å². The van der Waals surface area contributed by atoms with Gasteiger partial charge in [-0.15, -0.1) is 0 Å². The number of benzene rings is 3. The highest BCUT2D eigenvalue weighted by Gasteiger charge is 2.30. The maximum absolute atomic E-state index is 3.43. The summed E-state index contributed by atoms with van der Waals surface area (Å²) in [6, 6.07) is 24.0. The highest BCUT2D eigenvalue weighted by atomic mass is 14.8. The van der Waals surface area contributed by atoms with Crippen molar-refractivity contribution in [3.05, 3.63) is 90.0 Å². The fourth-order valence-electron chi connectivity index (χ4n) is 3.82. The topological polar surface area (TPSA) is 12.0 Å². The molecule has 128 valence electrons. The molecular formula is C24H27N. The molecule has 1 heteroatoms. The molecule has 25 heavy (non-hydrogen) atoms. The highest BCUT2D eigenvalue weighted by molar-refractivity contribution is 5.91. The SMILES string of the molecule is C/C=C/CC(C)(Cc1ccccc1)c1c(NC)ccc2ccccc12. The lowest BCUT2D eigenvalue weighted by atomic mass is 9.72. The van der Waals surface area contributed by atoms with E-state index in [-0.39, 0.29) is 5.41 Å². The minimum absolute atomic E-state index is 0.0209. The van der Waals surface area contributed by atoms with E-state index >= 15 is 0 Å². The molecule has 0 spiro atoms. The van der Waals surface area contributed by atoms with Crippen LogP contribution >= 0.6 is 0 Å². The summed E-state index contributed by atoms with van der Waals surface area (Å²) in [7, 11) is 2.02. The molecule has 1 atom stereocenters. The minimum Gasteiger partial charge on any atom is -0.388 e. The molecular weight excluding hydrogens is 302 g/mol. The van der Waals surface area contributed by atoms with E-state index in [1.54, 1.807) is 0 Å². The number of allylic oxidation sites excluding steroid dienone is 2. The van der Waals surface area contributed by atoms with Gasteiger partial charge in [0, 0.05) is 18.2 Å². The van der Waals surface area contributed by atoms with E-state index < -0.39 is 0 Å². The third-order valence-electron chi connectivity index (χ3n) is 5.04. The van der Waals surface area contributed by atoms with Crippen LogP contribution in [0.1, 0.15) is 31.4 Å². The zero-order chi connectivity index (χ0) is 17.7. The molecule has 0 aromatic heterocycles. The van der Waals surface area contributed by atoms with Crippen LogP contribution in [0.25, 0.3) is 10.8 Å². The number of fused-ring (bicyclic) bond motifs is 1. The molecule has 1 nitrogen and oxygen atoms in total. The third kappa shape index (κ3) is 3.61. The van der Waals surface area contributed by atoms with Gasteiger partial charge in [-0.1, -0.05) is 79.7 Å². The van der Waals surface area contributed by atoms with E-state index in [0.717, 1.165) is 12.8 Å². The lowest BCUT2D eigenvalue weighted by Gasteiger charge is -2.33. The van der Waals surface area contributed by atoms with E-state index in [1.165, 1.54) is 27.6 Å². The Kier molecular flexibility index (Phi) is 5.23. The van der Waals surface area contributed by atoms with Crippen LogP contribution in [0, 0.1) is 0 Å². The molecule has 0 saturated heterocycles. The molecule has 3 aromatic carbocycles. The van der Waals surface area contributed by atoms with E-state index in [4.69, 9.17) is 0 Å². The van der Waals surface area contributed by atoms with Gasteiger partial charge in [0.1, 0.15) is 0 Å². The molecule has 0 aliphatic carbocycles. The Labute approximate surface area is 151 Å². The van der Waals surface area contributed by atoms with E-state index in [1.807, 2.05) is 7.05 Å². The van der Waals surface area contributed by atoms with Crippen LogP contribution in [0.3, 0.4) is 0 Å². The van der Waals surface area contributed by atoms with Crippen molar-refractivity contribution in [3.8, 4) is 0 Å². The standard InChI is InChI=1S/C24H27N/c1-4-5-17-24(2,18-19-11-7-6-8-12-19)23-21-14-10-9-13-20(21)15-16-22(23)25-3/h4-16,25H,17-18H2,1-3H3/b5-4+. The monoisotopic (exact) mass is 329 g/mol. The molecule has 0 aliphatic heterocycles. The fourth-order valence-corrected chi connectivity index (χ4v) is 3.82. The smallest absolute Gasteiger partial charge is 0.0382 e. The second-order valence-electron chi connectivity index (χ2n) is 6.96. The van der Waals surface area contributed by atoms with Crippen molar-refractivity contribution >= 4 is 16.5 Å². The summed E-state index contributed by atoms with van der Waals surface area (Å²) < 4.78 is 0. The summed E-state index contributed by atoms with van der Waals surface area (Å²) in [6.45, 7) is 4.49. The van der Waals surface area contributed by atoms with Gasteiger partial charge in [0.2, 0.25) is 0 Å². The minimum atomic E-state index is 0.0209. The van der Waals surface area contributed by atoms with Crippen LogP contribution < -0.4 is 5.32 Å². The largest absolute Gasteiger partial charge is 0.388 e. The zero-order valence-electron chi connectivity index (χ0n) is 15.4. The maximum atomic E-state index is 3.43. The normalized spacial score (nSPS) is 13.9. The Morgan fingerprint density at radius 2 is 1.64 bits per heavy atom. The van der Waals surface area contributed by atoms with Gasteiger partial charge in [-0.25, -0.2) is 0 Å². The predicted molar refractivity (Wildman–Crippen MR) is 110 cm³/mol. The van der Waals surface area contributed by atoms with E-state index in [2.05, 4.69) is 98.0 Å². The predicted octanol–water partition coefficient (Wildman–Crippen LogP) is 6.35. The van der Waals surface area contributed by atoms with Crippen LogP contribution in [-0.4, -0.2) is 7.05 Å². The Morgan fingerprint density at radius 1 is 0.920 bits per heavy atom. The Hall–Kier alpha value is -2.54. The quantitative estimate of drug-likeness (QED) is 0.520. The van der Waals surface area contributed by atoms with Gasteiger partial charge in [-0.05, 0) is 47.7 Å². The first-order valence-electron chi connectivity index (χ1n) is 9.03. The summed E-state index contributed by atoms with van der Waals surface area (Å²) in [6.07, 6.45) is 6.49. The van der Waals surface area contributed by atoms with Gasteiger partial charge < -0.3 is 5.32 Å². The number of hydrogen-bond donors (Lipinski definition) is 1. The summed E-state index contributed by atoms with van der Waals surface area (Å²) >= 11 is 0. The van der Waals surface area contributed by atoms with Crippen LogP contribution in [0.2, 0.25) is 0 Å². The van der Waals surface area contributed by atoms with Crippen LogP contribution in [0.5, 0.6) is 0 Å². The third-order valence-corrected chi connectivity index (χ3v) is 5.04. The highest BCUT2D eigenvalue weighted by Crippen LogP contribution is 2.41. The van der Waals surface area contributed by atoms with Gasteiger partial charge in [-0.3, -0.25) is 0 Å². The Balaban J connectivity index is 2.20. The second-order valence-corrected chi connectivity index (χ2v) is 6.96. The summed E-state index contributed by atoms with van der Waals surface area (Å²) in [4.78, 5) is 0. The van der Waals surface area contributed by atoms with Gasteiger partial charge in [0.05, 0.1) is 0 Å². The lowest BCUT2D eigenvalue weighted by Crippen LogP contribution is -2.26. The van der Waals surface area contributed by atoms with Crippen molar-refractivity contribution in [3.63, 3.8) is 0 Å². The second kappa shape index (κ2) is 7.57. The van der Waals surface area contributed by atoms with Crippen LogP contribution in [-0.2, 0) is 11.8 Å². The molecule has 0 bridgehead atoms. The van der Waals surface area contributed by atoms with E-state index in [9.17, 15) is 0 Å². The molecule has 3 aromatic rings. The zero-order valence-corrected chi connectivity index (χ0v) is 15.4. The summed E-state index contributed by atoms with van der Waals surface area (Å²) in [5.74, 6) is 0. The van der Waals surface area contributed by atoms with Gasteiger partial charge >= 0.3 is 0 Å². The van der Waals surface area contributed by atoms with Gasteiger partial charge in [0.15, 0.2) is 0 Å². The van der Waals surface area contributed by atoms with Crippen molar-refractivity contribution in [1.82, 2.24) is 0 Å². The number of rotatable bonds is 6. The number of hydrogen-bond acceptors (Lipinski definition) is 1. The number of nitrogens with one attached hydrogen (secondary N) is 1. The first-order valence-corrected chi connectivity index (χ1v) is 9.03. The Morgan fingerprint density at radius 3 is 2.36 bits per heavy atom. The van der Waals surface area contributed by atoms with Crippen molar-refractivity contribution in [1.29, 1.82) is 0 Å². The van der Waals surface area contributed by atoms with Gasteiger partial charge in [-0.2, -0.15) is 0 Å².